The summed E-state index contributed by atoms with van der Waals surface area (Å²) in [6.07, 6.45) is 1.47. The number of nitrogens with one attached hydrogen (secondary N) is 2. The van der Waals surface area contributed by atoms with E-state index in [9.17, 15) is 9.18 Å². The number of halogens is 1. The van der Waals surface area contributed by atoms with E-state index in [-0.39, 0.29) is 30.9 Å². The van der Waals surface area contributed by atoms with Gasteiger partial charge < -0.3 is 29.2 Å². The number of aromatic nitrogens is 4. The smallest absolute Gasteiger partial charge is 0.317 e. The first kappa shape index (κ1) is 28.3. The second kappa shape index (κ2) is 13.0. The Morgan fingerprint density at radius 3 is 2.59 bits per heavy atom. The molecule has 4 aromatic rings. The van der Waals surface area contributed by atoms with E-state index in [0.29, 0.717) is 54.6 Å². The second-order valence-corrected chi connectivity index (χ2v) is 9.97. The molecular weight excluding hydrogens is 529 g/mol. The van der Waals surface area contributed by atoms with Crippen LogP contribution in [0.5, 0.6) is 6.01 Å². The number of H-pyrrole nitrogens is 1. The minimum atomic E-state index is -0.851. The van der Waals surface area contributed by atoms with Crippen molar-refractivity contribution in [1.82, 2.24) is 25.3 Å². The van der Waals surface area contributed by atoms with Crippen LogP contribution in [0.3, 0.4) is 0 Å². The monoisotopic (exact) mass is 561 g/mol. The first-order chi connectivity index (χ1) is 19.9. The van der Waals surface area contributed by atoms with Gasteiger partial charge in [0, 0.05) is 32.0 Å². The Kier molecular flexibility index (Phi) is 8.98. The maximum absolute atomic E-state index is 13.7. The molecule has 2 aromatic carbocycles. The van der Waals surface area contributed by atoms with Crippen molar-refractivity contribution in [1.29, 1.82) is 0 Å². The fourth-order valence-corrected chi connectivity index (χ4v) is 4.31. The van der Waals surface area contributed by atoms with Gasteiger partial charge in [0.05, 0.1) is 35.7 Å². The molecule has 2 aromatic heterocycles. The first-order valence-corrected chi connectivity index (χ1v) is 13.3. The summed E-state index contributed by atoms with van der Waals surface area (Å²) in [5.74, 6) is -0.112. The number of imidazole rings is 1. The highest BCUT2D eigenvalue weighted by molar-refractivity contribution is 5.82. The van der Waals surface area contributed by atoms with Gasteiger partial charge in [0.2, 0.25) is 12.2 Å². The number of benzene rings is 2. The SMILES string of the molecule is COCCCNC(=O)C1(C)COC(c2nc(-c3ccc(F)cc3)c(-c3ccnc(OCc4ccccc4)n3)[nH]2)OC1. The van der Waals surface area contributed by atoms with Gasteiger partial charge in [0.15, 0.2) is 5.82 Å². The maximum atomic E-state index is 13.7. The summed E-state index contributed by atoms with van der Waals surface area (Å²) >= 11 is 0. The Morgan fingerprint density at radius 2 is 1.85 bits per heavy atom. The molecule has 0 spiro atoms. The van der Waals surface area contributed by atoms with Crippen molar-refractivity contribution in [2.45, 2.75) is 26.2 Å². The topological polar surface area (TPSA) is 120 Å². The molecule has 0 unspecified atom stereocenters. The third kappa shape index (κ3) is 6.94. The van der Waals surface area contributed by atoms with Crippen LogP contribution >= 0.6 is 0 Å². The van der Waals surface area contributed by atoms with E-state index < -0.39 is 11.7 Å². The second-order valence-electron chi connectivity index (χ2n) is 9.97. The van der Waals surface area contributed by atoms with Crippen LogP contribution in [0.4, 0.5) is 4.39 Å². The lowest BCUT2D eigenvalue weighted by atomic mass is 9.91. The molecule has 5 rings (SSSR count). The van der Waals surface area contributed by atoms with Crippen LogP contribution in [0.2, 0.25) is 0 Å². The fourth-order valence-electron chi connectivity index (χ4n) is 4.31. The third-order valence-electron chi connectivity index (χ3n) is 6.63. The molecule has 2 N–H and O–H groups in total. The van der Waals surface area contributed by atoms with Gasteiger partial charge >= 0.3 is 6.01 Å². The summed E-state index contributed by atoms with van der Waals surface area (Å²) in [4.78, 5) is 29.6. The largest absolute Gasteiger partial charge is 0.459 e. The summed E-state index contributed by atoms with van der Waals surface area (Å²) < 4.78 is 36.5. The van der Waals surface area contributed by atoms with Crippen molar-refractivity contribution in [3.8, 4) is 28.7 Å². The number of nitrogens with zero attached hydrogens (tertiary/aromatic N) is 3. The lowest BCUT2D eigenvalue weighted by Crippen LogP contribution is -2.48. The molecule has 11 heteroatoms. The van der Waals surface area contributed by atoms with Gasteiger partial charge in [-0.3, -0.25) is 4.79 Å². The van der Waals surface area contributed by atoms with Gasteiger partial charge in [-0.2, -0.15) is 4.98 Å². The van der Waals surface area contributed by atoms with Crippen molar-refractivity contribution >= 4 is 5.91 Å². The quantitative estimate of drug-likeness (QED) is 0.258. The highest BCUT2D eigenvalue weighted by atomic mass is 19.1. The normalized spacial score (nSPS) is 18.7. The van der Waals surface area contributed by atoms with Crippen LogP contribution in [0.25, 0.3) is 22.6 Å². The van der Waals surface area contributed by atoms with E-state index in [1.807, 2.05) is 30.3 Å². The molecular formula is C30H32FN5O5. The van der Waals surface area contributed by atoms with E-state index in [0.717, 1.165) is 5.56 Å². The zero-order valence-corrected chi connectivity index (χ0v) is 22.9. The molecule has 3 heterocycles. The van der Waals surface area contributed by atoms with Gasteiger partial charge in [-0.05, 0) is 49.2 Å². The van der Waals surface area contributed by atoms with Crippen molar-refractivity contribution in [3.63, 3.8) is 0 Å². The van der Waals surface area contributed by atoms with Crippen LogP contribution in [0.15, 0.2) is 66.9 Å². The van der Waals surface area contributed by atoms with Gasteiger partial charge in [-0.15, -0.1) is 0 Å². The van der Waals surface area contributed by atoms with Gasteiger partial charge in [0.25, 0.3) is 0 Å². The summed E-state index contributed by atoms with van der Waals surface area (Å²) in [6, 6.07) is 17.7. The van der Waals surface area contributed by atoms with E-state index >= 15 is 0 Å². The number of rotatable bonds is 11. The zero-order chi connectivity index (χ0) is 28.7. The fraction of sp³-hybridized carbons (Fsp3) is 0.333. The van der Waals surface area contributed by atoms with Crippen molar-refractivity contribution in [2.24, 2.45) is 5.41 Å². The van der Waals surface area contributed by atoms with E-state index in [1.165, 1.54) is 12.1 Å². The predicted octanol–water partition coefficient (Wildman–Crippen LogP) is 4.46. The molecule has 214 valence electrons. The molecule has 1 aliphatic heterocycles. The average Bonchev–Trinajstić information content (AvgIpc) is 3.45. The molecule has 0 atom stereocenters. The van der Waals surface area contributed by atoms with Gasteiger partial charge in [0.1, 0.15) is 12.4 Å². The molecule has 10 nitrogen and oxygen atoms in total. The molecule has 0 aliphatic carbocycles. The highest BCUT2D eigenvalue weighted by Crippen LogP contribution is 2.35. The van der Waals surface area contributed by atoms with Crippen molar-refractivity contribution in [2.75, 3.05) is 33.5 Å². The van der Waals surface area contributed by atoms with Crippen LogP contribution < -0.4 is 10.1 Å². The number of aromatic amines is 1. The number of ether oxygens (including phenoxy) is 4. The Hall–Kier alpha value is -4.19. The van der Waals surface area contributed by atoms with Gasteiger partial charge in [-0.25, -0.2) is 14.4 Å². The van der Waals surface area contributed by atoms with E-state index in [2.05, 4.69) is 20.3 Å². The number of hydrogen-bond donors (Lipinski definition) is 2. The predicted molar refractivity (Wildman–Crippen MR) is 148 cm³/mol. The van der Waals surface area contributed by atoms with E-state index in [1.54, 1.807) is 38.4 Å². The minimum Gasteiger partial charge on any atom is -0.459 e. The molecule has 0 bridgehead atoms. The molecule has 41 heavy (non-hydrogen) atoms. The Labute approximate surface area is 237 Å². The van der Waals surface area contributed by atoms with Crippen LogP contribution in [0.1, 0.15) is 31.0 Å². The molecule has 1 aliphatic rings. The van der Waals surface area contributed by atoms with Crippen LogP contribution in [-0.2, 0) is 25.6 Å². The summed E-state index contributed by atoms with van der Waals surface area (Å²) in [5.41, 5.74) is 2.43. The summed E-state index contributed by atoms with van der Waals surface area (Å²) in [5, 5.41) is 2.91. The number of methoxy groups -OCH3 is 1. The standard InChI is InChI=1S/C30H32FN5O5/c1-30(28(37)32-14-6-16-38-2)18-40-27(41-19-30)26-35-24(21-9-11-22(31)12-10-21)25(36-26)23-13-15-33-29(34-23)39-17-20-7-4-3-5-8-20/h3-5,7-13,15,27H,6,14,16-19H2,1-2H3,(H,32,37)(H,35,36). The molecule has 0 saturated carbocycles. The summed E-state index contributed by atoms with van der Waals surface area (Å²) in [7, 11) is 1.62. The third-order valence-corrected chi connectivity index (χ3v) is 6.63. The maximum Gasteiger partial charge on any atom is 0.317 e. The molecule has 0 radical (unpaired) electrons. The van der Waals surface area contributed by atoms with Crippen LogP contribution in [0, 0.1) is 11.2 Å². The van der Waals surface area contributed by atoms with E-state index in [4.69, 9.17) is 23.9 Å². The highest BCUT2D eigenvalue weighted by Gasteiger charge is 2.40. The van der Waals surface area contributed by atoms with Crippen molar-refractivity contribution in [3.05, 3.63) is 84.1 Å². The lowest BCUT2D eigenvalue weighted by Gasteiger charge is -2.35. The minimum absolute atomic E-state index is 0.140. The van der Waals surface area contributed by atoms with Gasteiger partial charge in [-0.1, -0.05) is 30.3 Å². The molecule has 1 fully saturated rings. The van der Waals surface area contributed by atoms with Crippen LogP contribution in [-0.4, -0.2) is 59.3 Å². The Balaban J connectivity index is 1.36. The number of hydrogen-bond acceptors (Lipinski definition) is 8. The Morgan fingerprint density at radius 1 is 1.10 bits per heavy atom. The number of amides is 1. The first-order valence-electron chi connectivity index (χ1n) is 13.3. The molecule has 1 amide bonds. The summed E-state index contributed by atoms with van der Waals surface area (Å²) in [6.45, 7) is 3.46. The molecule has 1 saturated heterocycles. The number of carbonyl (C=O) groups is 1. The Bertz CT molecular complexity index is 1440. The number of carbonyl (C=O) groups excluding carboxylic acids is 1. The van der Waals surface area contributed by atoms with Crippen molar-refractivity contribution < 1.29 is 28.1 Å². The average molecular weight is 562 g/mol. The lowest BCUT2D eigenvalue weighted by molar-refractivity contribution is -0.231. The zero-order valence-electron chi connectivity index (χ0n) is 22.9.